The first-order valence-electron chi connectivity index (χ1n) is 11.7. The van der Waals surface area contributed by atoms with Gasteiger partial charge in [0.15, 0.2) is 0 Å². The average Bonchev–Trinajstić information content (AvgIpc) is 3.01. The zero-order chi connectivity index (χ0) is 24.7. The van der Waals surface area contributed by atoms with Crippen molar-refractivity contribution in [2.75, 3.05) is 0 Å². The van der Waals surface area contributed by atoms with Crippen molar-refractivity contribution in [3.63, 3.8) is 0 Å². The summed E-state index contributed by atoms with van der Waals surface area (Å²) in [6, 6.07) is 66.4. The van der Waals surface area contributed by atoms with Crippen LogP contribution in [0.2, 0.25) is 0 Å². The Hall–Kier alpha value is -2.60. The van der Waals surface area contributed by atoms with Gasteiger partial charge in [-0.05, 0) is 0 Å². The Labute approximate surface area is 277 Å². The summed E-state index contributed by atoms with van der Waals surface area (Å²) in [5, 5.41) is 0. The SMILES string of the molecule is [Li+].[Li+].[Zr+4].[c-]1ccccc1-c1[c-]cccc1.[c-]1ccccc1-c1[c-]cccc1.[c-]1ccccc1-c1[c-]cccc1. The Kier molecular flexibility index (Phi) is 17.9. The normalized spacial score (nSPS) is 8.92. The van der Waals surface area contributed by atoms with Gasteiger partial charge < -0.3 is 0 Å². The van der Waals surface area contributed by atoms with Gasteiger partial charge in [0.2, 0.25) is 0 Å². The molecule has 6 rings (SSSR count). The maximum atomic E-state index is 3.15. The van der Waals surface area contributed by atoms with Gasteiger partial charge in [-0.25, -0.2) is 33.4 Å². The number of hydrogen-bond donors (Lipinski definition) is 0. The molecule has 0 heterocycles. The van der Waals surface area contributed by atoms with Gasteiger partial charge in [0.1, 0.15) is 0 Å². The molecular weight excluding hydrogens is 538 g/mol. The third-order valence-electron chi connectivity index (χ3n) is 5.12. The molecule has 3 heteroatoms. The van der Waals surface area contributed by atoms with Crippen LogP contribution in [0.4, 0.5) is 0 Å². The molecular formula is C36H24Li2Zr. The van der Waals surface area contributed by atoms with Crippen LogP contribution in [0.1, 0.15) is 0 Å². The van der Waals surface area contributed by atoms with Gasteiger partial charge in [-0.1, -0.05) is 0 Å². The Balaban J connectivity index is 0.000000282. The van der Waals surface area contributed by atoms with Crippen LogP contribution in [0.5, 0.6) is 0 Å². The maximum absolute atomic E-state index is 3.15. The molecule has 6 aromatic rings. The molecule has 0 aliphatic carbocycles. The van der Waals surface area contributed by atoms with Gasteiger partial charge in [0.25, 0.3) is 0 Å². The smallest absolute Gasteiger partial charge is 0.226 e. The van der Waals surface area contributed by atoms with E-state index in [9.17, 15) is 0 Å². The van der Waals surface area contributed by atoms with E-state index < -0.39 is 0 Å². The maximum Gasteiger partial charge on any atom is 4.00 e. The van der Waals surface area contributed by atoms with Crippen molar-refractivity contribution >= 4 is 0 Å². The average molecular weight is 562 g/mol. The van der Waals surface area contributed by atoms with Crippen LogP contribution in [0, 0.1) is 36.4 Å². The minimum Gasteiger partial charge on any atom is -0.226 e. The quantitative estimate of drug-likeness (QED) is 0.230. The fourth-order valence-electron chi connectivity index (χ4n) is 3.37. The summed E-state index contributed by atoms with van der Waals surface area (Å²) in [6.45, 7) is 0. The van der Waals surface area contributed by atoms with E-state index in [-0.39, 0.29) is 63.9 Å². The zero-order valence-electron chi connectivity index (χ0n) is 22.4. The van der Waals surface area contributed by atoms with Crippen LogP contribution >= 0.6 is 0 Å². The molecule has 0 bridgehead atoms. The van der Waals surface area contributed by atoms with E-state index in [4.69, 9.17) is 0 Å². The summed E-state index contributed by atoms with van der Waals surface area (Å²) in [4.78, 5) is 0. The fraction of sp³-hybridized carbons (Fsp3) is 0. The molecule has 0 saturated heterocycles. The van der Waals surface area contributed by atoms with Crippen LogP contribution in [-0.4, -0.2) is 0 Å². The Morgan fingerprint density at radius 1 is 0.256 bits per heavy atom. The molecule has 0 nitrogen and oxygen atoms in total. The molecule has 0 aliphatic heterocycles. The zero-order valence-corrected chi connectivity index (χ0v) is 24.8. The second-order valence-corrected chi connectivity index (χ2v) is 7.66. The molecule has 0 saturated carbocycles. The minimum atomic E-state index is 0. The van der Waals surface area contributed by atoms with Crippen molar-refractivity contribution in [2.45, 2.75) is 0 Å². The molecule has 39 heavy (non-hydrogen) atoms. The molecule has 174 valence electrons. The molecule has 0 aromatic heterocycles. The summed E-state index contributed by atoms with van der Waals surface area (Å²) in [5.74, 6) is 0. The van der Waals surface area contributed by atoms with E-state index in [1.807, 2.05) is 146 Å². The molecule has 0 N–H and O–H groups in total. The van der Waals surface area contributed by atoms with Gasteiger partial charge in [-0.3, -0.25) is 0 Å². The number of benzene rings is 6. The molecule has 0 unspecified atom stereocenters. The van der Waals surface area contributed by atoms with Gasteiger partial charge in [-0.15, -0.1) is 36.4 Å². The van der Waals surface area contributed by atoms with Gasteiger partial charge in [-0.2, -0.15) is 146 Å². The minimum absolute atomic E-state index is 0. The molecule has 0 fully saturated rings. The van der Waals surface area contributed by atoms with Crippen molar-refractivity contribution in [1.82, 2.24) is 0 Å². The third-order valence-corrected chi connectivity index (χ3v) is 5.12. The Bertz CT molecular complexity index is 1090. The van der Waals surface area contributed by atoms with E-state index in [0.29, 0.717) is 0 Å². The van der Waals surface area contributed by atoms with Crippen molar-refractivity contribution in [1.29, 1.82) is 0 Å². The third kappa shape index (κ3) is 12.0. The first-order valence-corrected chi connectivity index (χ1v) is 11.7. The predicted octanol–water partition coefficient (Wildman–Crippen LogP) is 2.87. The summed E-state index contributed by atoms with van der Waals surface area (Å²) < 4.78 is 0. The molecule has 0 atom stereocenters. The Morgan fingerprint density at radius 2 is 0.410 bits per heavy atom. The largest absolute Gasteiger partial charge is 4.00 e. The van der Waals surface area contributed by atoms with Crippen molar-refractivity contribution in [2.24, 2.45) is 0 Å². The van der Waals surface area contributed by atoms with E-state index in [2.05, 4.69) is 36.4 Å². The number of rotatable bonds is 3. The van der Waals surface area contributed by atoms with Crippen molar-refractivity contribution in [3.05, 3.63) is 182 Å². The standard InChI is InChI=1S/3C12H8.2Li.Zr/c3*1-3-7-11(8-4-1)12-9-5-2-6-10-12;;;/h3*1-7,9H;;;/q3*-2;2*+1;+4. The molecule has 0 amide bonds. The summed E-state index contributed by atoms with van der Waals surface area (Å²) in [6.07, 6.45) is 0. The molecule has 0 aliphatic rings. The van der Waals surface area contributed by atoms with Crippen LogP contribution in [-0.2, 0) is 26.2 Å². The fourth-order valence-corrected chi connectivity index (χ4v) is 3.37. The number of hydrogen-bond acceptors (Lipinski definition) is 0. The predicted molar refractivity (Wildman–Crippen MR) is 149 cm³/mol. The topological polar surface area (TPSA) is 0 Å². The van der Waals surface area contributed by atoms with E-state index in [1.54, 1.807) is 0 Å². The van der Waals surface area contributed by atoms with Crippen molar-refractivity contribution in [3.8, 4) is 33.4 Å². The summed E-state index contributed by atoms with van der Waals surface area (Å²) in [5.41, 5.74) is 6.57. The van der Waals surface area contributed by atoms with Gasteiger partial charge in [0, 0.05) is 0 Å². The monoisotopic (exact) mass is 560 g/mol. The van der Waals surface area contributed by atoms with Crippen LogP contribution in [0.15, 0.2) is 146 Å². The van der Waals surface area contributed by atoms with E-state index in [0.717, 1.165) is 33.4 Å². The van der Waals surface area contributed by atoms with Crippen molar-refractivity contribution < 1.29 is 63.9 Å². The second-order valence-electron chi connectivity index (χ2n) is 7.66. The summed E-state index contributed by atoms with van der Waals surface area (Å²) >= 11 is 0. The molecule has 6 aromatic carbocycles. The summed E-state index contributed by atoms with van der Waals surface area (Å²) in [7, 11) is 0. The van der Waals surface area contributed by atoms with E-state index >= 15 is 0 Å². The van der Waals surface area contributed by atoms with Crippen LogP contribution in [0.25, 0.3) is 33.4 Å². The van der Waals surface area contributed by atoms with Gasteiger partial charge >= 0.3 is 63.9 Å². The van der Waals surface area contributed by atoms with Gasteiger partial charge in [0.05, 0.1) is 0 Å². The van der Waals surface area contributed by atoms with E-state index in [1.165, 1.54) is 0 Å². The second kappa shape index (κ2) is 20.3. The van der Waals surface area contributed by atoms with Crippen LogP contribution < -0.4 is 37.7 Å². The first-order chi connectivity index (χ1) is 17.9. The molecule has 0 radical (unpaired) electrons. The van der Waals surface area contributed by atoms with Crippen LogP contribution in [0.3, 0.4) is 0 Å². The Morgan fingerprint density at radius 3 is 0.513 bits per heavy atom. The molecule has 0 spiro atoms. The first kappa shape index (κ1) is 34.4.